The van der Waals surface area contributed by atoms with Crippen LogP contribution in [0.3, 0.4) is 0 Å². The highest BCUT2D eigenvalue weighted by molar-refractivity contribution is 5.58. The van der Waals surface area contributed by atoms with E-state index in [2.05, 4.69) is 52.8 Å². The molecule has 104 valence electrons. The Balaban J connectivity index is 2.08. The first-order valence-corrected chi connectivity index (χ1v) is 6.87. The van der Waals surface area contributed by atoms with Gasteiger partial charge in [-0.05, 0) is 43.5 Å². The zero-order valence-corrected chi connectivity index (χ0v) is 12.6. The Kier molecular flexibility index (Phi) is 4.12. The van der Waals surface area contributed by atoms with Crippen molar-refractivity contribution >= 4 is 6.08 Å². The predicted octanol–water partition coefficient (Wildman–Crippen LogP) is 4.02. The first kappa shape index (κ1) is 14.3. The van der Waals surface area contributed by atoms with Crippen molar-refractivity contribution in [2.75, 3.05) is 13.2 Å². The van der Waals surface area contributed by atoms with E-state index >= 15 is 0 Å². The Bertz CT molecular complexity index is 453. The van der Waals surface area contributed by atoms with Crippen molar-refractivity contribution in [2.24, 2.45) is 5.41 Å². The maximum absolute atomic E-state index is 5.71. The Labute approximate surface area is 116 Å². The van der Waals surface area contributed by atoms with Crippen molar-refractivity contribution in [3.63, 3.8) is 0 Å². The molecule has 0 amide bonds. The lowest BCUT2D eigenvalue weighted by molar-refractivity contribution is -0.197. The lowest BCUT2D eigenvalue weighted by Gasteiger charge is -2.33. The third kappa shape index (κ3) is 3.68. The molecule has 1 aliphatic rings. The van der Waals surface area contributed by atoms with Crippen LogP contribution in [0, 0.1) is 26.2 Å². The second-order valence-electron chi connectivity index (χ2n) is 6.33. The Morgan fingerprint density at radius 1 is 1.05 bits per heavy atom. The van der Waals surface area contributed by atoms with E-state index in [-0.39, 0.29) is 11.7 Å². The highest BCUT2D eigenvalue weighted by Gasteiger charge is 2.26. The minimum absolute atomic E-state index is 0.125. The van der Waals surface area contributed by atoms with Crippen LogP contribution in [0.25, 0.3) is 6.08 Å². The molecule has 2 nitrogen and oxygen atoms in total. The Morgan fingerprint density at radius 2 is 1.58 bits per heavy atom. The molecule has 0 N–H and O–H groups in total. The van der Waals surface area contributed by atoms with Gasteiger partial charge >= 0.3 is 0 Å². The van der Waals surface area contributed by atoms with Gasteiger partial charge in [0, 0.05) is 5.41 Å². The Morgan fingerprint density at radius 3 is 2.11 bits per heavy atom. The number of rotatable bonds is 2. The summed E-state index contributed by atoms with van der Waals surface area (Å²) in [4.78, 5) is 0. The average molecular weight is 260 g/mol. The minimum Gasteiger partial charge on any atom is -0.348 e. The van der Waals surface area contributed by atoms with Gasteiger partial charge in [0.15, 0.2) is 6.29 Å². The molecule has 1 aromatic rings. The molecular weight excluding hydrogens is 236 g/mol. The predicted molar refractivity (Wildman–Crippen MR) is 79.2 cm³/mol. The van der Waals surface area contributed by atoms with E-state index in [0.717, 1.165) is 13.2 Å². The fourth-order valence-electron chi connectivity index (χ4n) is 2.45. The molecule has 0 aliphatic carbocycles. The van der Waals surface area contributed by atoms with Gasteiger partial charge in [-0.3, -0.25) is 0 Å². The van der Waals surface area contributed by atoms with Crippen LogP contribution >= 0.6 is 0 Å². The lowest BCUT2D eigenvalue weighted by atomic mass is 9.95. The summed E-state index contributed by atoms with van der Waals surface area (Å²) in [6.07, 6.45) is 3.92. The highest BCUT2D eigenvalue weighted by Crippen LogP contribution is 2.24. The summed E-state index contributed by atoms with van der Waals surface area (Å²) in [6, 6.07) is 4.41. The van der Waals surface area contributed by atoms with Crippen molar-refractivity contribution in [2.45, 2.75) is 40.9 Å². The van der Waals surface area contributed by atoms with Crippen molar-refractivity contribution in [3.8, 4) is 0 Å². The van der Waals surface area contributed by atoms with Crippen LogP contribution in [0.15, 0.2) is 18.2 Å². The molecule has 0 atom stereocenters. The summed E-state index contributed by atoms with van der Waals surface area (Å²) in [7, 11) is 0. The van der Waals surface area contributed by atoms with Gasteiger partial charge in [-0.1, -0.05) is 37.6 Å². The van der Waals surface area contributed by atoms with Gasteiger partial charge in [-0.2, -0.15) is 0 Å². The number of ether oxygens (including phenoxy) is 2. The van der Waals surface area contributed by atoms with Gasteiger partial charge in [0.1, 0.15) is 0 Å². The molecule has 1 saturated heterocycles. The minimum atomic E-state index is -0.215. The van der Waals surface area contributed by atoms with Crippen LogP contribution in [-0.4, -0.2) is 19.5 Å². The quantitative estimate of drug-likeness (QED) is 0.799. The molecule has 2 heteroatoms. The third-order valence-electron chi connectivity index (χ3n) is 3.43. The zero-order chi connectivity index (χ0) is 14.0. The summed E-state index contributed by atoms with van der Waals surface area (Å²) in [5, 5.41) is 0. The van der Waals surface area contributed by atoms with Gasteiger partial charge in [-0.15, -0.1) is 0 Å². The molecular formula is C17H24O2. The fraction of sp³-hybridized carbons (Fsp3) is 0.529. The van der Waals surface area contributed by atoms with Crippen LogP contribution < -0.4 is 0 Å². The highest BCUT2D eigenvalue weighted by atomic mass is 16.7. The number of hydrogen-bond donors (Lipinski definition) is 0. The smallest absolute Gasteiger partial charge is 0.177 e. The molecule has 1 aromatic carbocycles. The van der Waals surface area contributed by atoms with Gasteiger partial charge in [0.05, 0.1) is 13.2 Å². The van der Waals surface area contributed by atoms with Crippen LogP contribution in [0.2, 0.25) is 0 Å². The molecule has 0 bridgehead atoms. The maximum Gasteiger partial charge on any atom is 0.177 e. The largest absolute Gasteiger partial charge is 0.348 e. The van der Waals surface area contributed by atoms with Crippen LogP contribution in [0.5, 0.6) is 0 Å². The van der Waals surface area contributed by atoms with Gasteiger partial charge in [-0.25, -0.2) is 0 Å². The number of hydrogen-bond acceptors (Lipinski definition) is 2. The summed E-state index contributed by atoms with van der Waals surface area (Å²) >= 11 is 0. The lowest BCUT2D eigenvalue weighted by Crippen LogP contribution is -2.36. The van der Waals surface area contributed by atoms with Gasteiger partial charge in [0.2, 0.25) is 0 Å². The monoisotopic (exact) mass is 260 g/mol. The number of benzene rings is 1. The molecule has 0 radical (unpaired) electrons. The summed E-state index contributed by atoms with van der Waals surface area (Å²) < 4.78 is 11.4. The van der Waals surface area contributed by atoms with Crippen LogP contribution in [-0.2, 0) is 9.47 Å². The van der Waals surface area contributed by atoms with Gasteiger partial charge < -0.3 is 9.47 Å². The van der Waals surface area contributed by atoms with Crippen molar-refractivity contribution in [3.05, 3.63) is 40.5 Å². The molecule has 0 unspecified atom stereocenters. The first-order valence-electron chi connectivity index (χ1n) is 6.87. The van der Waals surface area contributed by atoms with E-state index in [1.165, 1.54) is 22.3 Å². The van der Waals surface area contributed by atoms with E-state index in [4.69, 9.17) is 9.47 Å². The van der Waals surface area contributed by atoms with E-state index in [1.807, 2.05) is 6.08 Å². The molecule has 1 fully saturated rings. The van der Waals surface area contributed by atoms with E-state index < -0.39 is 0 Å². The molecule has 1 aliphatic heterocycles. The summed E-state index contributed by atoms with van der Waals surface area (Å²) in [6.45, 7) is 12.2. The van der Waals surface area contributed by atoms with E-state index in [9.17, 15) is 0 Å². The standard InChI is InChI=1S/C17H24O2/c1-12-8-13(2)15(14(3)9-12)6-7-16-18-10-17(4,5)11-19-16/h6-9,16H,10-11H2,1-5H3. The second-order valence-corrected chi connectivity index (χ2v) is 6.33. The topological polar surface area (TPSA) is 18.5 Å². The van der Waals surface area contributed by atoms with Gasteiger partial charge in [0.25, 0.3) is 0 Å². The van der Waals surface area contributed by atoms with Crippen molar-refractivity contribution in [1.82, 2.24) is 0 Å². The zero-order valence-electron chi connectivity index (χ0n) is 12.6. The first-order chi connectivity index (χ1) is 8.87. The molecule has 0 spiro atoms. The van der Waals surface area contributed by atoms with E-state index in [0.29, 0.717) is 0 Å². The van der Waals surface area contributed by atoms with Crippen molar-refractivity contribution in [1.29, 1.82) is 0 Å². The SMILES string of the molecule is Cc1cc(C)c(C=CC2OCC(C)(C)CO2)c(C)c1. The fourth-order valence-corrected chi connectivity index (χ4v) is 2.45. The van der Waals surface area contributed by atoms with Crippen LogP contribution in [0.4, 0.5) is 0 Å². The normalized spacial score (nSPS) is 20.1. The third-order valence-corrected chi connectivity index (χ3v) is 3.43. The van der Waals surface area contributed by atoms with E-state index in [1.54, 1.807) is 0 Å². The molecule has 1 heterocycles. The molecule has 0 aromatic heterocycles. The van der Waals surface area contributed by atoms with Crippen LogP contribution in [0.1, 0.15) is 36.1 Å². The number of aryl methyl sites for hydroxylation is 3. The molecule has 2 rings (SSSR count). The Hall–Kier alpha value is -1.12. The summed E-state index contributed by atoms with van der Waals surface area (Å²) in [5.41, 5.74) is 5.29. The second kappa shape index (κ2) is 5.48. The van der Waals surface area contributed by atoms with Crippen molar-refractivity contribution < 1.29 is 9.47 Å². The molecule has 0 saturated carbocycles. The summed E-state index contributed by atoms with van der Waals surface area (Å²) in [5.74, 6) is 0. The molecule has 19 heavy (non-hydrogen) atoms. The maximum atomic E-state index is 5.71. The average Bonchev–Trinajstić information content (AvgIpc) is 2.29.